The Kier molecular flexibility index (Phi) is 7.97. The van der Waals surface area contributed by atoms with Gasteiger partial charge in [0.25, 0.3) is 5.91 Å². The summed E-state index contributed by atoms with van der Waals surface area (Å²) in [6.07, 6.45) is 5.48. The number of hydrogen-bond donors (Lipinski definition) is 2. The summed E-state index contributed by atoms with van der Waals surface area (Å²) in [5.74, 6) is 1.01. The Hall–Kier alpha value is -2.73. The molecule has 3 rings (SSSR count). The minimum Gasteiger partial charge on any atom is -0.493 e. The van der Waals surface area contributed by atoms with Crippen LogP contribution in [0.3, 0.4) is 0 Å². The average molecular weight is 431 g/mol. The van der Waals surface area contributed by atoms with Crippen LogP contribution in [0.1, 0.15) is 48.9 Å². The summed E-state index contributed by atoms with van der Waals surface area (Å²) in [6, 6.07) is 12.1. The van der Waals surface area contributed by atoms with Gasteiger partial charge in [-0.3, -0.25) is 9.59 Å². The largest absolute Gasteiger partial charge is 0.493 e. The second-order valence-electron chi connectivity index (χ2n) is 7.30. The molecule has 160 valence electrons. The van der Waals surface area contributed by atoms with Gasteiger partial charge in [-0.05, 0) is 68.5 Å². The highest BCUT2D eigenvalue weighted by Gasteiger charge is 2.19. The molecular formula is C23H27ClN2O4. The second-order valence-corrected chi connectivity index (χ2v) is 7.74. The lowest BCUT2D eigenvalue weighted by molar-refractivity contribution is -0.116. The summed E-state index contributed by atoms with van der Waals surface area (Å²) in [7, 11) is 1.60. The van der Waals surface area contributed by atoms with Crippen LogP contribution in [0.2, 0.25) is 5.02 Å². The smallest absolute Gasteiger partial charge is 0.251 e. The van der Waals surface area contributed by atoms with Crippen LogP contribution in [0.4, 0.5) is 5.69 Å². The summed E-state index contributed by atoms with van der Waals surface area (Å²) in [6.45, 7) is 0.410. The second kappa shape index (κ2) is 10.9. The molecule has 2 aromatic rings. The Morgan fingerprint density at radius 1 is 1.07 bits per heavy atom. The summed E-state index contributed by atoms with van der Waals surface area (Å²) in [5.41, 5.74) is 1.20. The lowest BCUT2D eigenvalue weighted by atomic mass is 10.2. The summed E-state index contributed by atoms with van der Waals surface area (Å²) in [4.78, 5) is 24.3. The number of amides is 2. The summed E-state index contributed by atoms with van der Waals surface area (Å²) in [5, 5.41) is 6.27. The lowest BCUT2D eigenvalue weighted by Crippen LogP contribution is -2.25. The number of ether oxygens (including phenoxy) is 2. The van der Waals surface area contributed by atoms with Crippen LogP contribution in [-0.2, 0) is 4.79 Å². The van der Waals surface area contributed by atoms with Gasteiger partial charge < -0.3 is 20.1 Å². The number of nitrogens with one attached hydrogen (secondary N) is 2. The van der Waals surface area contributed by atoms with Gasteiger partial charge in [0.2, 0.25) is 5.91 Å². The zero-order valence-electron chi connectivity index (χ0n) is 17.1. The maximum Gasteiger partial charge on any atom is 0.251 e. The number of halogens is 1. The number of carbonyl (C=O) groups excluding carboxylic acids is 2. The summed E-state index contributed by atoms with van der Waals surface area (Å²) < 4.78 is 11.4. The molecule has 30 heavy (non-hydrogen) atoms. The molecule has 1 aliphatic carbocycles. The minimum atomic E-state index is -0.184. The van der Waals surface area contributed by atoms with Gasteiger partial charge in [0.15, 0.2) is 11.5 Å². The van der Waals surface area contributed by atoms with Crippen LogP contribution in [0.25, 0.3) is 0 Å². The van der Waals surface area contributed by atoms with Crippen LogP contribution in [-0.4, -0.2) is 31.6 Å². The first-order valence-corrected chi connectivity index (χ1v) is 10.6. The van der Waals surface area contributed by atoms with E-state index in [2.05, 4.69) is 10.6 Å². The van der Waals surface area contributed by atoms with Crippen LogP contribution >= 0.6 is 11.6 Å². The van der Waals surface area contributed by atoms with Crippen molar-refractivity contribution in [1.29, 1.82) is 0 Å². The van der Waals surface area contributed by atoms with E-state index in [1.807, 2.05) is 0 Å². The van der Waals surface area contributed by atoms with Gasteiger partial charge in [0, 0.05) is 35.3 Å². The topological polar surface area (TPSA) is 76.7 Å². The zero-order valence-corrected chi connectivity index (χ0v) is 17.8. The Balaban J connectivity index is 1.44. The third-order valence-corrected chi connectivity index (χ3v) is 5.27. The zero-order chi connectivity index (χ0) is 21.3. The number of carbonyl (C=O) groups is 2. The predicted octanol–water partition coefficient (Wildman–Crippen LogP) is 4.82. The van der Waals surface area contributed by atoms with E-state index >= 15 is 0 Å². The normalized spacial score (nSPS) is 13.7. The van der Waals surface area contributed by atoms with E-state index in [-0.39, 0.29) is 17.9 Å². The van der Waals surface area contributed by atoms with Crippen molar-refractivity contribution in [1.82, 2.24) is 5.32 Å². The first-order valence-electron chi connectivity index (χ1n) is 10.2. The van der Waals surface area contributed by atoms with E-state index in [4.69, 9.17) is 21.1 Å². The van der Waals surface area contributed by atoms with Crippen molar-refractivity contribution in [2.75, 3.05) is 19.0 Å². The first-order chi connectivity index (χ1) is 14.5. The van der Waals surface area contributed by atoms with Gasteiger partial charge >= 0.3 is 0 Å². The molecule has 2 N–H and O–H groups in total. The number of benzene rings is 2. The molecule has 0 bridgehead atoms. The number of anilines is 1. The highest BCUT2D eigenvalue weighted by molar-refractivity contribution is 6.30. The lowest BCUT2D eigenvalue weighted by Gasteiger charge is -2.17. The van der Waals surface area contributed by atoms with Crippen molar-refractivity contribution < 1.29 is 19.1 Å². The van der Waals surface area contributed by atoms with E-state index in [1.54, 1.807) is 49.6 Å². The predicted molar refractivity (Wildman–Crippen MR) is 118 cm³/mol. The molecular weight excluding hydrogens is 404 g/mol. The van der Waals surface area contributed by atoms with Crippen molar-refractivity contribution in [2.24, 2.45) is 0 Å². The fourth-order valence-electron chi connectivity index (χ4n) is 3.41. The Morgan fingerprint density at radius 2 is 1.80 bits per heavy atom. The van der Waals surface area contributed by atoms with Crippen molar-refractivity contribution in [3.8, 4) is 11.5 Å². The Bertz CT molecular complexity index is 864. The molecule has 0 aromatic heterocycles. The summed E-state index contributed by atoms with van der Waals surface area (Å²) >= 11 is 5.82. The maximum atomic E-state index is 12.3. The van der Waals surface area contributed by atoms with Crippen molar-refractivity contribution in [2.45, 2.75) is 44.6 Å². The molecule has 1 fully saturated rings. The van der Waals surface area contributed by atoms with E-state index in [0.717, 1.165) is 12.8 Å². The van der Waals surface area contributed by atoms with Crippen LogP contribution in [0, 0.1) is 0 Å². The van der Waals surface area contributed by atoms with Crippen LogP contribution in [0.15, 0.2) is 42.5 Å². The van der Waals surface area contributed by atoms with Crippen molar-refractivity contribution in [3.05, 3.63) is 53.1 Å². The van der Waals surface area contributed by atoms with E-state index < -0.39 is 0 Å². The fourth-order valence-corrected chi connectivity index (χ4v) is 3.54. The van der Waals surface area contributed by atoms with Gasteiger partial charge in [0.05, 0.1) is 13.2 Å². The fraction of sp³-hybridized carbons (Fsp3) is 0.391. The van der Waals surface area contributed by atoms with Gasteiger partial charge in [-0.1, -0.05) is 11.6 Å². The SMILES string of the molecule is COc1ccc(NC(=O)CCCNC(=O)c2ccc(Cl)cc2)cc1OC1CCCC1. The van der Waals surface area contributed by atoms with Gasteiger partial charge in [-0.15, -0.1) is 0 Å². The number of methoxy groups -OCH3 is 1. The van der Waals surface area contributed by atoms with Crippen LogP contribution < -0.4 is 20.1 Å². The molecule has 2 aromatic carbocycles. The molecule has 0 atom stereocenters. The molecule has 1 saturated carbocycles. The molecule has 0 saturated heterocycles. The van der Waals surface area contributed by atoms with Crippen molar-refractivity contribution in [3.63, 3.8) is 0 Å². The third kappa shape index (κ3) is 6.39. The quantitative estimate of drug-likeness (QED) is 0.559. The maximum absolute atomic E-state index is 12.3. The molecule has 1 aliphatic rings. The van der Waals surface area contributed by atoms with E-state index in [1.165, 1.54) is 12.8 Å². The molecule has 2 amide bonds. The molecule has 0 aliphatic heterocycles. The third-order valence-electron chi connectivity index (χ3n) is 5.02. The molecule has 0 radical (unpaired) electrons. The average Bonchev–Trinajstić information content (AvgIpc) is 3.25. The van der Waals surface area contributed by atoms with Gasteiger partial charge in [0.1, 0.15) is 0 Å². The van der Waals surface area contributed by atoms with E-state index in [0.29, 0.717) is 47.2 Å². The minimum absolute atomic E-state index is 0.118. The number of hydrogen-bond acceptors (Lipinski definition) is 4. The number of rotatable bonds is 9. The Labute approximate surface area is 181 Å². The van der Waals surface area contributed by atoms with Gasteiger partial charge in [-0.2, -0.15) is 0 Å². The standard InChI is InChI=1S/C23H27ClN2O4/c1-29-20-13-12-18(15-21(20)30-19-5-2-3-6-19)26-22(27)7-4-14-25-23(28)16-8-10-17(24)11-9-16/h8-13,15,19H,2-7,14H2,1H3,(H,25,28)(H,26,27). The van der Waals surface area contributed by atoms with Crippen LogP contribution in [0.5, 0.6) is 11.5 Å². The monoisotopic (exact) mass is 430 g/mol. The molecule has 0 unspecified atom stereocenters. The molecule has 0 spiro atoms. The highest BCUT2D eigenvalue weighted by Crippen LogP contribution is 2.34. The molecule has 7 heteroatoms. The van der Waals surface area contributed by atoms with E-state index in [9.17, 15) is 9.59 Å². The first kappa shape index (κ1) is 22.0. The van der Waals surface area contributed by atoms with Gasteiger partial charge in [-0.25, -0.2) is 0 Å². The highest BCUT2D eigenvalue weighted by atomic mass is 35.5. The molecule has 6 nitrogen and oxygen atoms in total. The molecule has 0 heterocycles. The Morgan fingerprint density at radius 3 is 2.50 bits per heavy atom. The van der Waals surface area contributed by atoms with Crippen molar-refractivity contribution >= 4 is 29.1 Å².